The molecule has 0 aromatic carbocycles. The van der Waals surface area contributed by atoms with Crippen molar-refractivity contribution in [3.05, 3.63) is 23.3 Å². The quantitative estimate of drug-likeness (QED) is 0.729. The number of halogens is 1. The minimum Gasteiger partial charge on any atom is -0.347 e. The lowest BCUT2D eigenvalue weighted by molar-refractivity contribution is 0.00695. The Morgan fingerprint density at radius 2 is 1.97 bits per heavy atom. The van der Waals surface area contributed by atoms with Gasteiger partial charge in [0.15, 0.2) is 17.5 Å². The number of hydrogen-bond donors (Lipinski definition) is 2. The summed E-state index contributed by atoms with van der Waals surface area (Å²) in [6.45, 7) is 12.2. The summed E-state index contributed by atoms with van der Waals surface area (Å²) in [6.07, 6.45) is 1.13. The zero-order chi connectivity index (χ0) is 24.3. The molecule has 180 valence electrons. The number of likely N-dealkylation sites (N-methyl/N-ethyl adjacent to an activating group) is 1. The van der Waals surface area contributed by atoms with Crippen molar-refractivity contribution in [2.45, 2.75) is 58.3 Å². The van der Waals surface area contributed by atoms with E-state index in [0.717, 1.165) is 24.0 Å². The van der Waals surface area contributed by atoms with E-state index in [1.807, 2.05) is 23.6 Å². The van der Waals surface area contributed by atoms with Gasteiger partial charge in [0.2, 0.25) is 5.95 Å². The van der Waals surface area contributed by atoms with E-state index in [1.165, 1.54) is 0 Å². The highest BCUT2D eigenvalue weighted by Gasteiger charge is 2.47. The van der Waals surface area contributed by atoms with E-state index >= 15 is 0 Å². The first kappa shape index (κ1) is 23.2. The van der Waals surface area contributed by atoms with Crippen LogP contribution in [0.2, 0.25) is 0 Å². The largest absolute Gasteiger partial charge is 0.347 e. The van der Waals surface area contributed by atoms with Gasteiger partial charge in [-0.3, -0.25) is 10.00 Å². The Morgan fingerprint density at radius 3 is 2.64 bits per heavy atom. The number of rotatable bonds is 3. The molecule has 2 aromatic heterocycles. The summed E-state index contributed by atoms with van der Waals surface area (Å²) in [5.41, 5.74) is 0.968. The molecule has 1 fully saturated rings. The van der Waals surface area contributed by atoms with Crippen LogP contribution in [0.4, 0.5) is 26.8 Å². The summed E-state index contributed by atoms with van der Waals surface area (Å²) in [5, 5.41) is 10.4. The normalized spacial score (nSPS) is 21.8. The molecular formula is C22H34FN9O. The van der Waals surface area contributed by atoms with Crippen LogP contribution < -0.4 is 10.2 Å². The Hall–Kier alpha value is -2.95. The maximum Gasteiger partial charge on any atom is 0.321 e. The number of anilines is 3. The third-order valence-electron chi connectivity index (χ3n) is 6.98. The third-order valence-corrected chi connectivity index (χ3v) is 6.98. The van der Waals surface area contributed by atoms with Crippen LogP contribution >= 0.6 is 0 Å². The zero-order valence-corrected chi connectivity index (χ0v) is 20.7. The van der Waals surface area contributed by atoms with Gasteiger partial charge in [0.1, 0.15) is 0 Å². The van der Waals surface area contributed by atoms with Crippen molar-refractivity contribution in [1.82, 2.24) is 34.9 Å². The second-order valence-corrected chi connectivity index (χ2v) is 10.4. The minimum absolute atomic E-state index is 0.00710. The Bertz CT molecular complexity index is 1060. The fraction of sp³-hybridized carbons (Fsp3) is 0.636. The zero-order valence-electron chi connectivity index (χ0n) is 20.7. The second kappa shape index (κ2) is 7.82. The van der Waals surface area contributed by atoms with Gasteiger partial charge in [-0.05, 0) is 41.7 Å². The van der Waals surface area contributed by atoms with Gasteiger partial charge in [-0.2, -0.15) is 10.1 Å². The summed E-state index contributed by atoms with van der Waals surface area (Å²) in [5.74, 6) is 0.313. The molecule has 2 aliphatic rings. The lowest BCUT2D eigenvalue weighted by Gasteiger charge is -2.50. The molecule has 0 spiro atoms. The topological polar surface area (TPSA) is 96.5 Å². The van der Waals surface area contributed by atoms with Crippen molar-refractivity contribution in [1.29, 1.82) is 0 Å². The molecule has 10 nitrogen and oxygen atoms in total. The molecule has 0 aliphatic carbocycles. The number of urea groups is 1. The van der Waals surface area contributed by atoms with Gasteiger partial charge in [-0.1, -0.05) is 0 Å². The lowest BCUT2D eigenvalue weighted by Crippen LogP contribution is -2.65. The summed E-state index contributed by atoms with van der Waals surface area (Å²) in [4.78, 5) is 29.8. The second-order valence-electron chi connectivity index (χ2n) is 10.4. The number of hydrogen-bond acceptors (Lipinski definition) is 7. The average molecular weight is 460 g/mol. The number of aromatic amines is 1. The molecule has 1 atom stereocenters. The maximum absolute atomic E-state index is 14.4. The van der Waals surface area contributed by atoms with E-state index in [1.54, 1.807) is 19.0 Å². The molecule has 11 heteroatoms. The molecule has 2 N–H and O–H groups in total. The highest BCUT2D eigenvalue weighted by atomic mass is 19.1. The van der Waals surface area contributed by atoms with Crippen molar-refractivity contribution in [2.75, 3.05) is 44.4 Å². The highest BCUT2D eigenvalue weighted by Crippen LogP contribution is 2.42. The fourth-order valence-corrected chi connectivity index (χ4v) is 4.55. The first-order chi connectivity index (χ1) is 15.3. The van der Waals surface area contributed by atoms with Crippen LogP contribution in [0.25, 0.3) is 0 Å². The molecule has 2 amide bonds. The molecule has 0 unspecified atom stereocenters. The molecule has 2 aliphatic heterocycles. The number of nitrogens with zero attached hydrogens (tertiary/aromatic N) is 7. The van der Waals surface area contributed by atoms with E-state index in [0.29, 0.717) is 24.9 Å². The molecule has 0 bridgehead atoms. The number of carbonyl (C=O) groups excluding carboxylic acids is 1. The van der Waals surface area contributed by atoms with Gasteiger partial charge in [0, 0.05) is 44.3 Å². The van der Waals surface area contributed by atoms with Gasteiger partial charge >= 0.3 is 6.03 Å². The Morgan fingerprint density at radius 1 is 1.27 bits per heavy atom. The minimum atomic E-state index is -0.592. The monoisotopic (exact) mass is 459 g/mol. The molecule has 4 heterocycles. The summed E-state index contributed by atoms with van der Waals surface area (Å²) < 4.78 is 14.4. The van der Waals surface area contributed by atoms with Crippen molar-refractivity contribution in [3.63, 3.8) is 0 Å². The summed E-state index contributed by atoms with van der Waals surface area (Å²) in [7, 11) is 5.67. The summed E-state index contributed by atoms with van der Waals surface area (Å²) >= 11 is 0. The Balaban J connectivity index is 1.60. The first-order valence-electron chi connectivity index (χ1n) is 11.2. The number of H-pyrrole nitrogens is 1. The Labute approximate surface area is 194 Å². The van der Waals surface area contributed by atoms with Crippen molar-refractivity contribution >= 4 is 23.6 Å². The molecule has 33 heavy (non-hydrogen) atoms. The van der Waals surface area contributed by atoms with Crippen LogP contribution in [0.1, 0.15) is 45.9 Å². The van der Waals surface area contributed by atoms with Crippen molar-refractivity contribution < 1.29 is 9.18 Å². The van der Waals surface area contributed by atoms with E-state index in [2.05, 4.69) is 58.2 Å². The predicted octanol–water partition coefficient (Wildman–Crippen LogP) is 2.73. The van der Waals surface area contributed by atoms with Crippen LogP contribution in [0.3, 0.4) is 0 Å². The number of piperazine rings is 1. The van der Waals surface area contributed by atoms with Gasteiger partial charge in [-0.25, -0.2) is 14.2 Å². The first-order valence-corrected chi connectivity index (χ1v) is 11.2. The third kappa shape index (κ3) is 3.88. The molecule has 0 saturated carbocycles. The number of nitrogens with one attached hydrogen (secondary N) is 2. The van der Waals surface area contributed by atoms with Gasteiger partial charge in [-0.15, -0.1) is 0 Å². The van der Waals surface area contributed by atoms with Crippen molar-refractivity contribution in [2.24, 2.45) is 0 Å². The van der Waals surface area contributed by atoms with E-state index in [4.69, 9.17) is 0 Å². The smallest absolute Gasteiger partial charge is 0.321 e. The molecule has 4 rings (SSSR count). The van der Waals surface area contributed by atoms with Crippen LogP contribution in [0.5, 0.6) is 0 Å². The molecule has 1 saturated heterocycles. The number of aromatic nitrogens is 4. The summed E-state index contributed by atoms with van der Waals surface area (Å²) in [6, 6.07) is 0.0906. The molecule has 0 radical (unpaired) electrons. The maximum atomic E-state index is 14.4. The number of fused-ring (bicyclic) bond motifs is 1. The van der Waals surface area contributed by atoms with E-state index in [-0.39, 0.29) is 23.4 Å². The van der Waals surface area contributed by atoms with Crippen LogP contribution in [-0.2, 0) is 12.1 Å². The predicted molar refractivity (Wildman–Crippen MR) is 125 cm³/mol. The van der Waals surface area contributed by atoms with Gasteiger partial charge < -0.3 is 20.0 Å². The molecule has 2 aromatic rings. The fourth-order valence-electron chi connectivity index (χ4n) is 4.55. The van der Waals surface area contributed by atoms with E-state index in [9.17, 15) is 9.18 Å². The molecular weight excluding hydrogens is 425 g/mol. The van der Waals surface area contributed by atoms with E-state index < -0.39 is 11.4 Å². The van der Waals surface area contributed by atoms with Crippen LogP contribution in [0.15, 0.2) is 6.20 Å². The highest BCUT2D eigenvalue weighted by molar-refractivity contribution is 5.78. The number of carbonyl (C=O) groups is 1. The Kier molecular flexibility index (Phi) is 5.50. The SMILES string of the molecule is C[C@H]1CN(C)C(C)(C)CN1C(=O)N1Cc2c(Nc3nc(N(C)C)ncc3F)n[nH]c2C1(C)C. The average Bonchev–Trinajstić information content (AvgIpc) is 3.24. The standard InChI is InChI=1S/C22H34FN9O/c1-13-10-30(8)21(2,3)12-31(13)20(33)32-11-14-16(22(32,4)5)27-28-17(14)25-18-15(23)9-24-19(26-18)29(6)7/h9,13H,10-12H2,1-8H3,(H2,24,25,26,27,28)/t13-/m0/s1. The van der Waals surface area contributed by atoms with Gasteiger partial charge in [0.05, 0.1) is 24.0 Å². The van der Waals surface area contributed by atoms with Gasteiger partial charge in [0.25, 0.3) is 0 Å². The van der Waals surface area contributed by atoms with Crippen LogP contribution in [0, 0.1) is 5.82 Å². The number of amides is 2. The van der Waals surface area contributed by atoms with Crippen LogP contribution in [-0.4, -0.2) is 86.7 Å². The lowest BCUT2D eigenvalue weighted by atomic mass is 9.96. The van der Waals surface area contributed by atoms with Crippen molar-refractivity contribution in [3.8, 4) is 0 Å².